The predicted octanol–water partition coefficient (Wildman–Crippen LogP) is 1.50. The van der Waals surface area contributed by atoms with Crippen LogP contribution in [0.15, 0.2) is 11.1 Å². The summed E-state index contributed by atoms with van der Waals surface area (Å²) < 4.78 is 5.79. The maximum atomic E-state index is 13.4. The second kappa shape index (κ2) is 8.87. The molecule has 4 saturated carbocycles. The monoisotopic (exact) mass is 506 g/mol. The number of hydrogen-bond donors (Lipinski definition) is 5. The van der Waals surface area contributed by atoms with Crippen LogP contribution < -0.4 is 0 Å². The molecule has 4 fully saturated rings. The summed E-state index contributed by atoms with van der Waals surface area (Å²) >= 11 is 0. The zero-order chi connectivity index (χ0) is 26.2. The summed E-state index contributed by atoms with van der Waals surface area (Å²) in [5.74, 6) is -0.442. The van der Waals surface area contributed by atoms with Crippen molar-refractivity contribution in [3.63, 3.8) is 0 Å². The van der Waals surface area contributed by atoms with E-state index in [4.69, 9.17) is 4.74 Å². The highest BCUT2D eigenvalue weighted by Crippen LogP contribution is 2.68. The second-order valence-electron chi connectivity index (χ2n) is 12.7. The minimum absolute atomic E-state index is 0.0471. The number of ether oxygens (including phenoxy) is 1. The van der Waals surface area contributed by atoms with Crippen molar-refractivity contribution < 1.29 is 39.9 Å². The molecule has 36 heavy (non-hydrogen) atoms. The third-order valence-electron chi connectivity index (χ3n) is 11.7. The molecule has 0 aromatic carbocycles. The molecule has 202 valence electrons. The van der Waals surface area contributed by atoms with E-state index in [-0.39, 0.29) is 66.3 Å². The number of aliphatic hydroxyl groups is 5. The summed E-state index contributed by atoms with van der Waals surface area (Å²) in [6.07, 6.45) is 1.60. The Morgan fingerprint density at radius 1 is 1.06 bits per heavy atom. The first-order valence-corrected chi connectivity index (χ1v) is 13.7. The number of carbonyl (C=O) groups is 2. The molecule has 8 nitrogen and oxygen atoms in total. The lowest BCUT2D eigenvalue weighted by molar-refractivity contribution is -0.286. The van der Waals surface area contributed by atoms with Crippen LogP contribution >= 0.6 is 0 Å². The van der Waals surface area contributed by atoms with Gasteiger partial charge in [0.05, 0.1) is 36.4 Å². The number of rotatable bonds is 4. The SMILES string of the molecule is CC1=C(CO)C(=O)OC([C@@H](C)[C@H]2CC[C@H]3[C@@H]4C[C@@H](O)[C@@]5(O)[C@@H](O)CCC(=O)[C@]5(CO)[C@H]4CC[C@]23C)C1. The van der Waals surface area contributed by atoms with Crippen molar-refractivity contribution in [3.05, 3.63) is 11.1 Å². The number of fused-ring (bicyclic) bond motifs is 5. The largest absolute Gasteiger partial charge is 0.458 e. The third kappa shape index (κ3) is 3.24. The van der Waals surface area contributed by atoms with Crippen molar-refractivity contribution in [2.24, 2.45) is 40.4 Å². The lowest BCUT2D eigenvalue weighted by Crippen LogP contribution is -2.76. The van der Waals surface area contributed by atoms with E-state index < -0.39 is 35.8 Å². The van der Waals surface area contributed by atoms with E-state index in [0.717, 1.165) is 24.8 Å². The Bertz CT molecular complexity index is 961. The molecule has 0 saturated heterocycles. The van der Waals surface area contributed by atoms with E-state index in [9.17, 15) is 35.1 Å². The quantitative estimate of drug-likeness (QED) is 0.361. The third-order valence-corrected chi connectivity index (χ3v) is 11.7. The van der Waals surface area contributed by atoms with Crippen molar-refractivity contribution >= 4 is 11.8 Å². The Hall–Kier alpha value is -1.32. The second-order valence-corrected chi connectivity index (χ2v) is 12.7. The Morgan fingerprint density at radius 3 is 2.42 bits per heavy atom. The Labute approximate surface area is 212 Å². The fourth-order valence-electron chi connectivity index (χ4n) is 9.76. The molecule has 0 bridgehead atoms. The summed E-state index contributed by atoms with van der Waals surface area (Å²) in [6, 6.07) is 0. The van der Waals surface area contributed by atoms with Gasteiger partial charge in [-0.1, -0.05) is 19.4 Å². The number of hydrogen-bond acceptors (Lipinski definition) is 8. The summed E-state index contributed by atoms with van der Waals surface area (Å²) in [7, 11) is 0. The summed E-state index contributed by atoms with van der Waals surface area (Å²) in [4.78, 5) is 25.9. The number of cyclic esters (lactones) is 1. The molecule has 0 aromatic heterocycles. The molecule has 1 aliphatic heterocycles. The summed E-state index contributed by atoms with van der Waals surface area (Å²) in [5.41, 5.74) is -2.43. The molecule has 11 atom stereocenters. The molecule has 0 spiro atoms. The molecular formula is C28H42O8. The van der Waals surface area contributed by atoms with Gasteiger partial charge in [0.15, 0.2) is 0 Å². The first-order chi connectivity index (χ1) is 17.0. The number of aliphatic hydroxyl groups excluding tert-OH is 4. The van der Waals surface area contributed by atoms with E-state index in [1.165, 1.54) is 0 Å². The topological polar surface area (TPSA) is 145 Å². The zero-order valence-electron chi connectivity index (χ0n) is 21.7. The fraction of sp³-hybridized carbons (Fsp3) is 0.857. The van der Waals surface area contributed by atoms with Gasteiger partial charge in [-0.15, -0.1) is 0 Å². The fourth-order valence-corrected chi connectivity index (χ4v) is 9.76. The first kappa shape index (κ1) is 26.3. The molecule has 0 amide bonds. The van der Waals surface area contributed by atoms with E-state index in [0.29, 0.717) is 24.8 Å². The molecular weight excluding hydrogens is 464 g/mol. The zero-order valence-corrected chi connectivity index (χ0v) is 21.7. The van der Waals surface area contributed by atoms with Crippen molar-refractivity contribution in [2.75, 3.05) is 13.2 Å². The van der Waals surface area contributed by atoms with Crippen LogP contribution in [-0.2, 0) is 14.3 Å². The normalized spacial score (nSPS) is 49.7. The van der Waals surface area contributed by atoms with E-state index in [1.54, 1.807) is 0 Å². The van der Waals surface area contributed by atoms with Gasteiger partial charge in [0, 0.05) is 12.8 Å². The lowest BCUT2D eigenvalue weighted by atomic mass is 9.41. The average Bonchev–Trinajstić information content (AvgIpc) is 3.19. The van der Waals surface area contributed by atoms with Crippen LogP contribution in [0.3, 0.4) is 0 Å². The Morgan fingerprint density at radius 2 is 1.78 bits per heavy atom. The van der Waals surface area contributed by atoms with Crippen molar-refractivity contribution in [2.45, 2.75) is 96.1 Å². The van der Waals surface area contributed by atoms with Crippen LogP contribution in [0.2, 0.25) is 0 Å². The van der Waals surface area contributed by atoms with Gasteiger partial charge < -0.3 is 30.3 Å². The number of ketones is 1. The highest BCUT2D eigenvalue weighted by Gasteiger charge is 2.73. The van der Waals surface area contributed by atoms with Crippen LogP contribution in [0.1, 0.15) is 72.1 Å². The molecule has 0 aromatic rings. The maximum Gasteiger partial charge on any atom is 0.336 e. The molecule has 0 radical (unpaired) electrons. The van der Waals surface area contributed by atoms with Gasteiger partial charge in [0.2, 0.25) is 0 Å². The molecule has 1 heterocycles. The van der Waals surface area contributed by atoms with E-state index in [2.05, 4.69) is 13.8 Å². The average molecular weight is 507 g/mol. The van der Waals surface area contributed by atoms with Crippen molar-refractivity contribution in [1.82, 2.24) is 0 Å². The Kier molecular flexibility index (Phi) is 6.48. The highest BCUT2D eigenvalue weighted by atomic mass is 16.5. The maximum absolute atomic E-state index is 13.4. The smallest absolute Gasteiger partial charge is 0.336 e. The van der Waals surface area contributed by atoms with Crippen LogP contribution in [0.25, 0.3) is 0 Å². The van der Waals surface area contributed by atoms with E-state index >= 15 is 0 Å². The number of Topliss-reactive ketones (excluding diaryl/α,β-unsaturated/α-hetero) is 1. The molecule has 5 aliphatic rings. The number of esters is 1. The standard InChI is InChI=1S/C28H42O8/c1-14-10-21(36-25(34)17(14)12-29)15(2)18-4-5-19-16-11-24(33)28(35)23(32)7-6-22(31)27(28,13-30)20(16)8-9-26(18,19)3/h15-16,18-21,23-24,29-30,32-33,35H,4-13H2,1-3H3/t15-,16-,18+,19-,20-,21?,23-,24+,26+,27-,28-/m0/s1. The van der Waals surface area contributed by atoms with Gasteiger partial charge in [-0.05, 0) is 80.5 Å². The van der Waals surface area contributed by atoms with E-state index in [1.807, 2.05) is 6.92 Å². The molecule has 5 N–H and O–H groups in total. The highest BCUT2D eigenvalue weighted by molar-refractivity contribution is 5.90. The summed E-state index contributed by atoms with van der Waals surface area (Å²) in [6.45, 7) is 5.42. The summed E-state index contributed by atoms with van der Waals surface area (Å²) in [5, 5.41) is 53.8. The minimum Gasteiger partial charge on any atom is -0.458 e. The van der Waals surface area contributed by atoms with Crippen LogP contribution in [-0.4, -0.2) is 74.4 Å². The molecule has 5 rings (SSSR count). The van der Waals surface area contributed by atoms with Gasteiger partial charge in [0.1, 0.15) is 17.5 Å². The minimum atomic E-state index is -2.03. The van der Waals surface area contributed by atoms with Crippen molar-refractivity contribution in [3.8, 4) is 0 Å². The van der Waals surface area contributed by atoms with Crippen LogP contribution in [0, 0.1) is 40.4 Å². The Balaban J connectivity index is 1.44. The molecule has 4 aliphatic carbocycles. The van der Waals surface area contributed by atoms with Gasteiger partial charge in [-0.3, -0.25) is 4.79 Å². The van der Waals surface area contributed by atoms with Gasteiger partial charge in [-0.2, -0.15) is 0 Å². The van der Waals surface area contributed by atoms with Crippen molar-refractivity contribution in [1.29, 1.82) is 0 Å². The first-order valence-electron chi connectivity index (χ1n) is 13.7. The van der Waals surface area contributed by atoms with Crippen LogP contribution in [0.4, 0.5) is 0 Å². The molecule has 1 unspecified atom stereocenters. The predicted molar refractivity (Wildman–Crippen MR) is 129 cm³/mol. The van der Waals surface area contributed by atoms with Gasteiger partial charge >= 0.3 is 5.97 Å². The number of carbonyl (C=O) groups excluding carboxylic acids is 2. The van der Waals surface area contributed by atoms with Crippen LogP contribution in [0.5, 0.6) is 0 Å². The molecule has 8 heteroatoms. The van der Waals surface area contributed by atoms with Gasteiger partial charge in [0.25, 0.3) is 0 Å². The lowest BCUT2D eigenvalue weighted by Gasteiger charge is -2.65. The van der Waals surface area contributed by atoms with Gasteiger partial charge in [-0.25, -0.2) is 4.79 Å².